The molecule has 0 saturated heterocycles. The van der Waals surface area contributed by atoms with Crippen molar-refractivity contribution in [1.82, 2.24) is 20.6 Å². The number of hydrogen-bond acceptors (Lipinski definition) is 4. The number of aromatic nitrogens is 1. The normalized spacial score (nSPS) is 11.0. The third-order valence-electron chi connectivity index (χ3n) is 2.97. The fraction of sp³-hybridized carbons (Fsp3) is 0.500. The van der Waals surface area contributed by atoms with Gasteiger partial charge in [-0.05, 0) is 44.4 Å². The molecular weight excluding hydrogens is 350 g/mol. The van der Waals surface area contributed by atoms with Crippen molar-refractivity contribution in [2.45, 2.75) is 20.8 Å². The molecule has 0 aliphatic carbocycles. The third-order valence-corrected chi connectivity index (χ3v) is 3.20. The zero-order valence-corrected chi connectivity index (χ0v) is 15.3. The lowest BCUT2D eigenvalue weighted by Gasteiger charge is -2.18. The van der Waals surface area contributed by atoms with Gasteiger partial charge in [-0.3, -0.25) is 10.4 Å². The Balaban J connectivity index is 0.00000400. The van der Waals surface area contributed by atoms with Crippen molar-refractivity contribution in [3.8, 4) is 0 Å². The van der Waals surface area contributed by atoms with Crippen LogP contribution in [0.2, 0.25) is 0 Å². The Bertz CT molecular complexity index is 434. The Morgan fingerprint density at radius 1 is 1.33 bits per heavy atom. The molecular formula is C14H24BrN5S. The van der Waals surface area contributed by atoms with Gasteiger partial charge in [0.2, 0.25) is 0 Å². The molecule has 1 aromatic heterocycles. The molecule has 0 aromatic carbocycles. The van der Waals surface area contributed by atoms with Gasteiger partial charge < -0.3 is 10.2 Å². The molecule has 0 radical (unpaired) electrons. The van der Waals surface area contributed by atoms with E-state index in [9.17, 15) is 0 Å². The lowest BCUT2D eigenvalue weighted by molar-refractivity contribution is 0.308. The summed E-state index contributed by atoms with van der Waals surface area (Å²) in [6, 6.07) is 5.73. The topological polar surface area (TPSA) is 52.5 Å². The van der Waals surface area contributed by atoms with E-state index in [1.807, 2.05) is 25.1 Å². The van der Waals surface area contributed by atoms with Crippen LogP contribution in [-0.2, 0) is 0 Å². The molecule has 1 rings (SSSR count). The van der Waals surface area contributed by atoms with Gasteiger partial charge in [0.1, 0.15) is 0 Å². The fourth-order valence-corrected chi connectivity index (χ4v) is 1.82. The van der Waals surface area contributed by atoms with E-state index in [1.54, 1.807) is 6.20 Å². The number of hydrogen-bond donors (Lipinski definition) is 2. The maximum Gasteiger partial charge on any atom is 0.187 e. The first-order valence-corrected chi connectivity index (χ1v) is 7.30. The van der Waals surface area contributed by atoms with Crippen molar-refractivity contribution in [1.29, 1.82) is 0 Å². The Morgan fingerprint density at radius 2 is 2.05 bits per heavy atom. The highest BCUT2D eigenvalue weighted by Crippen LogP contribution is 1.95. The van der Waals surface area contributed by atoms with E-state index >= 15 is 0 Å². The first kappa shape index (κ1) is 19.9. The van der Waals surface area contributed by atoms with Crippen LogP contribution >= 0.6 is 29.2 Å². The van der Waals surface area contributed by atoms with Gasteiger partial charge in [-0.25, -0.2) is 0 Å². The summed E-state index contributed by atoms with van der Waals surface area (Å²) in [7, 11) is 0. The maximum absolute atomic E-state index is 5.18. The molecule has 0 atom stereocenters. The molecule has 0 fully saturated rings. The van der Waals surface area contributed by atoms with Crippen molar-refractivity contribution >= 4 is 40.0 Å². The highest BCUT2D eigenvalue weighted by Gasteiger charge is 2.00. The fourth-order valence-electron chi connectivity index (χ4n) is 1.68. The van der Waals surface area contributed by atoms with Crippen LogP contribution in [0.15, 0.2) is 29.5 Å². The van der Waals surface area contributed by atoms with Crippen molar-refractivity contribution in [2.75, 3.05) is 26.2 Å². The number of hydrazone groups is 1. The first-order chi connectivity index (χ1) is 9.67. The highest BCUT2D eigenvalue weighted by molar-refractivity contribution is 8.93. The van der Waals surface area contributed by atoms with Crippen molar-refractivity contribution in [2.24, 2.45) is 5.10 Å². The van der Waals surface area contributed by atoms with Gasteiger partial charge in [0.15, 0.2) is 5.11 Å². The number of rotatable bonds is 7. The number of nitrogens with zero attached hydrogens (tertiary/aromatic N) is 3. The lowest BCUT2D eigenvalue weighted by atomic mass is 10.3. The van der Waals surface area contributed by atoms with E-state index in [4.69, 9.17) is 12.2 Å². The van der Waals surface area contributed by atoms with Gasteiger partial charge in [0.05, 0.1) is 11.4 Å². The molecule has 0 unspecified atom stereocenters. The van der Waals surface area contributed by atoms with Gasteiger partial charge >= 0.3 is 0 Å². The van der Waals surface area contributed by atoms with Crippen LogP contribution in [0.5, 0.6) is 0 Å². The molecule has 7 heteroatoms. The van der Waals surface area contributed by atoms with Crippen LogP contribution < -0.4 is 10.7 Å². The Kier molecular flexibility index (Phi) is 11.0. The quantitative estimate of drug-likeness (QED) is 0.435. The molecule has 1 aromatic rings. The summed E-state index contributed by atoms with van der Waals surface area (Å²) in [6.45, 7) is 10.1. The smallest absolute Gasteiger partial charge is 0.187 e. The number of thiocarbonyl (C=S) groups is 1. The third kappa shape index (κ3) is 8.08. The second-order valence-electron chi connectivity index (χ2n) is 4.31. The molecule has 118 valence electrons. The SMILES string of the molecule is Br.CCN(CC)CCNC(=S)N/N=C(\C)c1ccccn1. The predicted octanol–water partition coefficient (Wildman–Crippen LogP) is 2.19. The number of nitrogens with one attached hydrogen (secondary N) is 2. The summed E-state index contributed by atoms with van der Waals surface area (Å²) in [5, 5.41) is 7.89. The second kappa shape index (κ2) is 11.6. The van der Waals surface area contributed by atoms with E-state index in [-0.39, 0.29) is 17.0 Å². The minimum absolute atomic E-state index is 0. The van der Waals surface area contributed by atoms with Crippen molar-refractivity contribution in [3.05, 3.63) is 30.1 Å². The largest absolute Gasteiger partial charge is 0.360 e. The van der Waals surface area contributed by atoms with Crippen LogP contribution in [-0.4, -0.2) is 46.9 Å². The Morgan fingerprint density at radius 3 is 2.62 bits per heavy atom. The molecule has 21 heavy (non-hydrogen) atoms. The monoisotopic (exact) mass is 373 g/mol. The molecule has 0 saturated carbocycles. The van der Waals surface area contributed by atoms with Crippen LogP contribution in [0.4, 0.5) is 0 Å². The van der Waals surface area contributed by atoms with Crippen LogP contribution in [0.25, 0.3) is 0 Å². The summed E-state index contributed by atoms with van der Waals surface area (Å²) >= 11 is 5.18. The molecule has 0 amide bonds. The predicted molar refractivity (Wildman–Crippen MR) is 98.3 cm³/mol. The average Bonchev–Trinajstić information content (AvgIpc) is 2.50. The Labute approximate surface area is 143 Å². The molecule has 2 N–H and O–H groups in total. The Hall–Kier alpha value is -1.05. The van der Waals surface area contributed by atoms with E-state index in [1.165, 1.54) is 0 Å². The van der Waals surface area contributed by atoms with Gasteiger partial charge in [0.25, 0.3) is 0 Å². The van der Waals surface area contributed by atoms with Crippen LogP contribution in [0, 0.1) is 0 Å². The zero-order valence-electron chi connectivity index (χ0n) is 12.8. The first-order valence-electron chi connectivity index (χ1n) is 6.89. The van der Waals surface area contributed by atoms with Gasteiger partial charge in [-0.2, -0.15) is 5.10 Å². The van der Waals surface area contributed by atoms with E-state index in [0.717, 1.165) is 37.6 Å². The molecule has 0 aliphatic rings. The summed E-state index contributed by atoms with van der Waals surface area (Å²) in [6.07, 6.45) is 1.75. The molecule has 5 nitrogen and oxygen atoms in total. The number of halogens is 1. The summed E-state index contributed by atoms with van der Waals surface area (Å²) < 4.78 is 0. The van der Waals surface area contributed by atoms with Crippen LogP contribution in [0.3, 0.4) is 0 Å². The highest BCUT2D eigenvalue weighted by atomic mass is 79.9. The van der Waals surface area contributed by atoms with E-state index in [0.29, 0.717) is 5.11 Å². The summed E-state index contributed by atoms with van der Waals surface area (Å²) in [5.41, 5.74) is 4.48. The molecule has 0 bridgehead atoms. The van der Waals surface area contributed by atoms with Crippen molar-refractivity contribution in [3.63, 3.8) is 0 Å². The van der Waals surface area contributed by atoms with Gasteiger partial charge in [0, 0.05) is 19.3 Å². The standard InChI is InChI=1S/C14H23N5S.BrH/c1-4-19(5-2)11-10-16-14(20)18-17-12(3)13-8-6-7-9-15-13;/h6-9H,4-5,10-11H2,1-3H3,(H2,16,18,20);1H/b17-12+;. The molecule has 0 aliphatic heterocycles. The van der Waals surface area contributed by atoms with Crippen LogP contribution in [0.1, 0.15) is 26.5 Å². The lowest BCUT2D eigenvalue weighted by Crippen LogP contribution is -2.38. The second-order valence-corrected chi connectivity index (χ2v) is 4.72. The van der Waals surface area contributed by atoms with Gasteiger partial charge in [-0.15, -0.1) is 17.0 Å². The minimum Gasteiger partial charge on any atom is -0.360 e. The summed E-state index contributed by atoms with van der Waals surface area (Å²) in [5.74, 6) is 0. The minimum atomic E-state index is 0. The zero-order chi connectivity index (χ0) is 14.8. The number of pyridine rings is 1. The van der Waals surface area contributed by atoms with E-state index < -0.39 is 0 Å². The van der Waals surface area contributed by atoms with Gasteiger partial charge in [-0.1, -0.05) is 19.9 Å². The maximum atomic E-state index is 5.18. The molecule has 0 spiro atoms. The van der Waals surface area contributed by atoms with Crippen molar-refractivity contribution < 1.29 is 0 Å². The number of likely N-dealkylation sites (N-methyl/N-ethyl adjacent to an activating group) is 1. The summed E-state index contributed by atoms with van der Waals surface area (Å²) in [4.78, 5) is 6.55. The van der Waals surface area contributed by atoms with E-state index in [2.05, 4.69) is 39.6 Å². The average molecular weight is 374 g/mol. The molecule has 1 heterocycles.